The van der Waals surface area contributed by atoms with Gasteiger partial charge in [0.1, 0.15) is 6.61 Å². The van der Waals surface area contributed by atoms with Gasteiger partial charge in [0.15, 0.2) is 0 Å². The molecule has 0 spiro atoms. The number of carbonyl (C=O) groups excluding carboxylic acids is 1. The predicted molar refractivity (Wildman–Crippen MR) is 155 cm³/mol. The fourth-order valence-electron chi connectivity index (χ4n) is 2.96. The lowest BCUT2D eigenvalue weighted by atomic mass is 9.91. The van der Waals surface area contributed by atoms with E-state index in [-0.39, 0.29) is 5.97 Å². The van der Waals surface area contributed by atoms with Crippen molar-refractivity contribution < 1.29 is 9.53 Å². The van der Waals surface area contributed by atoms with Crippen LogP contribution < -0.4 is 4.90 Å². The summed E-state index contributed by atoms with van der Waals surface area (Å²) < 4.78 is 5.42. The average Bonchev–Trinajstić information content (AvgIpc) is 2.97. The Balaban J connectivity index is 0.00000247. The van der Waals surface area contributed by atoms with Crippen molar-refractivity contribution in [3.05, 3.63) is 78.4 Å². The van der Waals surface area contributed by atoms with E-state index in [9.17, 15) is 4.79 Å². The molecule has 0 N–H and O–H groups in total. The Morgan fingerprint density at radius 1 is 0.816 bits per heavy atom. The summed E-state index contributed by atoms with van der Waals surface area (Å²) in [6, 6.07) is 22.4. The maximum Gasteiger partial charge on any atom is 0.311 e. The third-order valence-electron chi connectivity index (χ3n) is 5.83. The van der Waals surface area contributed by atoms with Gasteiger partial charge >= 0.3 is 5.97 Å². The van der Waals surface area contributed by atoms with Gasteiger partial charge in [0.2, 0.25) is 0 Å². The first kappa shape index (κ1) is 29.9. The molecule has 198 valence electrons. The summed E-state index contributed by atoms with van der Waals surface area (Å²) in [4.78, 5) is 14.1. The molecule has 0 saturated heterocycles. The second kappa shape index (κ2) is 15.1. The van der Waals surface area contributed by atoms with Crippen LogP contribution in [0.25, 0.3) is 0 Å². The van der Waals surface area contributed by atoms with Gasteiger partial charge in [-0.2, -0.15) is 20.5 Å². The minimum absolute atomic E-state index is 0.166. The molecule has 0 unspecified atom stereocenters. The van der Waals surface area contributed by atoms with E-state index in [1.54, 1.807) is 0 Å². The van der Waals surface area contributed by atoms with Crippen molar-refractivity contribution in [1.29, 1.82) is 0 Å². The van der Waals surface area contributed by atoms with Crippen LogP contribution in [0.5, 0.6) is 0 Å². The molecule has 38 heavy (non-hydrogen) atoms. The summed E-state index contributed by atoms with van der Waals surface area (Å²) in [6.07, 6.45) is 6.11. The highest BCUT2D eigenvalue weighted by Gasteiger charge is 2.26. The molecule has 0 fully saturated rings. The van der Waals surface area contributed by atoms with Gasteiger partial charge in [-0.15, -0.1) is 6.42 Å². The molecule has 0 aliphatic rings. The summed E-state index contributed by atoms with van der Waals surface area (Å²) in [5, 5.41) is 17.0. The van der Waals surface area contributed by atoms with Crippen LogP contribution >= 0.6 is 0 Å². The molecule has 0 heterocycles. The Bertz CT molecular complexity index is 1240. The Labute approximate surface area is 226 Å². The first-order valence-corrected chi connectivity index (χ1v) is 12.8. The number of hydrogen-bond acceptors (Lipinski definition) is 7. The van der Waals surface area contributed by atoms with Crippen LogP contribution in [-0.4, -0.2) is 26.2 Å². The molecular weight excluding hydrogens is 474 g/mol. The van der Waals surface area contributed by atoms with E-state index in [2.05, 4.69) is 26.4 Å². The predicted octanol–water partition coefficient (Wildman–Crippen LogP) is 8.94. The van der Waals surface area contributed by atoms with Crippen molar-refractivity contribution in [2.24, 2.45) is 25.9 Å². The lowest BCUT2D eigenvalue weighted by Gasteiger charge is -2.23. The largest absolute Gasteiger partial charge is 0.463 e. The maximum atomic E-state index is 12.1. The lowest BCUT2D eigenvalue weighted by molar-refractivity contribution is -0.153. The molecule has 3 aromatic rings. The third kappa shape index (κ3) is 9.29. The van der Waals surface area contributed by atoms with Crippen LogP contribution in [-0.2, 0) is 9.53 Å². The number of terminal acetylenes is 1. The van der Waals surface area contributed by atoms with Gasteiger partial charge in [-0.3, -0.25) is 4.79 Å². The highest BCUT2D eigenvalue weighted by atomic mass is 16.5. The molecule has 0 radical (unpaired) electrons. The number of esters is 1. The molecule has 0 aliphatic carbocycles. The van der Waals surface area contributed by atoms with Gasteiger partial charge in [0.25, 0.3) is 0 Å². The van der Waals surface area contributed by atoms with Gasteiger partial charge in [-0.05, 0) is 93.1 Å². The van der Waals surface area contributed by atoms with Crippen LogP contribution in [0.4, 0.5) is 28.4 Å². The van der Waals surface area contributed by atoms with Crippen LogP contribution in [0.2, 0.25) is 0 Å². The van der Waals surface area contributed by atoms with Crippen molar-refractivity contribution >= 4 is 34.4 Å². The molecule has 3 rings (SSSR count). The Morgan fingerprint density at radius 3 is 1.61 bits per heavy atom. The number of carbonyl (C=O) groups is 1. The smallest absolute Gasteiger partial charge is 0.311 e. The fraction of sp³-hybridized carbons (Fsp3) is 0.323. The van der Waals surface area contributed by atoms with Crippen molar-refractivity contribution in [1.82, 2.24) is 0 Å². The van der Waals surface area contributed by atoms with Crippen LogP contribution in [0, 0.1) is 17.8 Å². The van der Waals surface area contributed by atoms with E-state index >= 15 is 0 Å². The van der Waals surface area contributed by atoms with Gasteiger partial charge < -0.3 is 9.64 Å². The SMILES string of the molecule is C#Cc1ccc(N=Nc2ccc(N=Nc3ccc(N(C)CCOC(=O)C(C)(C)CC)cc3)cc2)cc1.CC. The maximum absolute atomic E-state index is 12.1. The number of benzene rings is 3. The van der Waals surface area contributed by atoms with E-state index in [0.29, 0.717) is 24.5 Å². The van der Waals surface area contributed by atoms with Crippen molar-refractivity contribution in [2.75, 3.05) is 25.1 Å². The lowest BCUT2D eigenvalue weighted by Crippen LogP contribution is -2.30. The minimum Gasteiger partial charge on any atom is -0.463 e. The monoisotopic (exact) mass is 511 g/mol. The third-order valence-corrected chi connectivity index (χ3v) is 5.83. The number of rotatable bonds is 10. The highest BCUT2D eigenvalue weighted by molar-refractivity contribution is 5.75. The molecule has 0 atom stereocenters. The van der Waals surface area contributed by atoms with Gasteiger partial charge in [-0.25, -0.2) is 0 Å². The van der Waals surface area contributed by atoms with Gasteiger partial charge in [-0.1, -0.05) is 26.7 Å². The molecule has 0 amide bonds. The van der Waals surface area contributed by atoms with Crippen LogP contribution in [0.3, 0.4) is 0 Å². The number of ether oxygens (including phenoxy) is 1. The zero-order chi connectivity index (χ0) is 28.0. The van der Waals surface area contributed by atoms with E-state index in [4.69, 9.17) is 11.2 Å². The van der Waals surface area contributed by atoms with Crippen molar-refractivity contribution in [3.8, 4) is 12.3 Å². The zero-order valence-electron chi connectivity index (χ0n) is 23.2. The number of hydrogen-bond donors (Lipinski definition) is 0. The number of nitrogens with zero attached hydrogens (tertiary/aromatic N) is 5. The molecule has 0 saturated carbocycles. The number of anilines is 1. The molecule has 0 bridgehead atoms. The quantitative estimate of drug-likeness (QED) is 0.155. The Kier molecular flexibility index (Phi) is 11.9. The molecular formula is C31H37N5O2. The highest BCUT2D eigenvalue weighted by Crippen LogP contribution is 2.25. The normalized spacial score (nSPS) is 11.1. The Hall–Kier alpha value is -4.31. The summed E-state index contributed by atoms with van der Waals surface area (Å²) in [5.74, 6) is 2.41. The standard InChI is InChI=1S/C29H31N5O2.C2H6/c1-6-22-8-10-23(11-9-22)30-31-24-12-14-25(15-13-24)32-33-26-16-18-27(19-17-26)34(5)20-21-36-28(35)29(3,4)7-2;1-2/h1,8-19H,7,20-21H2,2-5H3;1-2H3. The second-order valence-electron chi connectivity index (χ2n) is 8.92. The molecule has 0 aliphatic heterocycles. The molecule has 3 aromatic carbocycles. The first-order valence-electron chi connectivity index (χ1n) is 12.8. The van der Waals surface area contributed by atoms with E-state index in [1.807, 2.05) is 119 Å². The van der Waals surface area contributed by atoms with Crippen LogP contribution in [0.1, 0.15) is 46.6 Å². The van der Waals surface area contributed by atoms with E-state index < -0.39 is 5.41 Å². The van der Waals surface area contributed by atoms with Gasteiger partial charge in [0, 0.05) is 18.3 Å². The van der Waals surface area contributed by atoms with Crippen molar-refractivity contribution in [2.45, 2.75) is 41.0 Å². The fourth-order valence-corrected chi connectivity index (χ4v) is 2.96. The van der Waals surface area contributed by atoms with E-state index in [1.165, 1.54) is 0 Å². The van der Waals surface area contributed by atoms with Crippen LogP contribution in [0.15, 0.2) is 93.3 Å². The zero-order valence-corrected chi connectivity index (χ0v) is 23.2. The number of likely N-dealkylation sites (N-methyl/N-ethyl adjacent to an activating group) is 1. The molecule has 7 nitrogen and oxygen atoms in total. The summed E-state index contributed by atoms with van der Waals surface area (Å²) >= 11 is 0. The minimum atomic E-state index is -0.453. The summed E-state index contributed by atoms with van der Waals surface area (Å²) in [5.41, 5.74) is 4.25. The van der Waals surface area contributed by atoms with E-state index in [0.717, 1.165) is 29.0 Å². The molecule has 0 aromatic heterocycles. The van der Waals surface area contributed by atoms with Crippen molar-refractivity contribution in [3.63, 3.8) is 0 Å². The number of azo groups is 2. The summed E-state index contributed by atoms with van der Waals surface area (Å²) in [6.45, 7) is 10.7. The molecule has 7 heteroatoms. The first-order chi connectivity index (χ1) is 18.3. The summed E-state index contributed by atoms with van der Waals surface area (Å²) in [7, 11) is 1.96. The Morgan fingerprint density at radius 2 is 1.21 bits per heavy atom. The topological polar surface area (TPSA) is 79.0 Å². The second-order valence-corrected chi connectivity index (χ2v) is 8.92. The average molecular weight is 512 g/mol. The van der Waals surface area contributed by atoms with Gasteiger partial charge in [0.05, 0.1) is 34.7 Å².